The van der Waals surface area contributed by atoms with Crippen LogP contribution in [-0.4, -0.2) is 43.1 Å². The van der Waals surface area contributed by atoms with E-state index in [0.717, 1.165) is 19.5 Å². The summed E-state index contributed by atoms with van der Waals surface area (Å²) in [7, 11) is 2.36. The Kier molecular flexibility index (Phi) is 8.68. The Labute approximate surface area is 82.6 Å². The molecular weight excluding hydrogens is 184 g/mol. The summed E-state index contributed by atoms with van der Waals surface area (Å²) in [5.74, 6) is 0. The van der Waals surface area contributed by atoms with Gasteiger partial charge in [0.1, 0.15) is 0 Å². The standard InChI is InChI=1S/C8H21N2O2Si/c1-8(13(11-2)12-3)4-6-10-7-5-9/h8,10H,4-7,9H2,1-3H3. The number of hydrogen-bond acceptors (Lipinski definition) is 4. The van der Waals surface area contributed by atoms with Crippen molar-refractivity contribution >= 4 is 9.28 Å². The second-order valence-corrected chi connectivity index (χ2v) is 5.40. The molecule has 0 heterocycles. The molecule has 0 aromatic heterocycles. The lowest BCUT2D eigenvalue weighted by molar-refractivity contribution is 0.265. The van der Waals surface area contributed by atoms with Crippen molar-refractivity contribution in [3.8, 4) is 0 Å². The molecule has 0 saturated heterocycles. The van der Waals surface area contributed by atoms with Gasteiger partial charge in [0.25, 0.3) is 0 Å². The predicted molar refractivity (Wildman–Crippen MR) is 55.7 cm³/mol. The van der Waals surface area contributed by atoms with Crippen molar-refractivity contribution in [2.75, 3.05) is 33.9 Å². The Hall–Kier alpha value is 0.0569. The summed E-state index contributed by atoms with van der Waals surface area (Å²) in [6.45, 7) is 4.72. The van der Waals surface area contributed by atoms with E-state index in [1.165, 1.54) is 0 Å². The van der Waals surface area contributed by atoms with E-state index >= 15 is 0 Å². The van der Waals surface area contributed by atoms with Crippen LogP contribution in [0.4, 0.5) is 0 Å². The first-order valence-corrected chi connectivity index (χ1v) is 6.01. The van der Waals surface area contributed by atoms with E-state index < -0.39 is 9.28 Å². The van der Waals surface area contributed by atoms with Crippen LogP contribution in [0.3, 0.4) is 0 Å². The van der Waals surface area contributed by atoms with Crippen molar-refractivity contribution in [2.24, 2.45) is 5.73 Å². The van der Waals surface area contributed by atoms with Crippen molar-refractivity contribution in [2.45, 2.75) is 18.9 Å². The maximum absolute atomic E-state index is 5.35. The molecule has 0 amide bonds. The molecule has 1 atom stereocenters. The third-order valence-corrected chi connectivity index (χ3v) is 3.78. The summed E-state index contributed by atoms with van der Waals surface area (Å²) in [5.41, 5.74) is 5.86. The van der Waals surface area contributed by atoms with Crippen LogP contribution in [0.2, 0.25) is 5.54 Å². The maximum Gasteiger partial charge on any atom is 0.387 e. The van der Waals surface area contributed by atoms with Gasteiger partial charge in [-0.3, -0.25) is 0 Å². The number of hydrogen-bond donors (Lipinski definition) is 2. The number of rotatable bonds is 8. The zero-order valence-corrected chi connectivity index (χ0v) is 9.80. The largest absolute Gasteiger partial charge is 0.397 e. The molecule has 79 valence electrons. The van der Waals surface area contributed by atoms with E-state index in [4.69, 9.17) is 14.6 Å². The van der Waals surface area contributed by atoms with E-state index in [0.29, 0.717) is 12.1 Å². The first-order chi connectivity index (χ1) is 6.26. The Morgan fingerprint density at radius 2 is 1.92 bits per heavy atom. The molecule has 0 aliphatic heterocycles. The maximum atomic E-state index is 5.35. The summed E-state index contributed by atoms with van der Waals surface area (Å²) >= 11 is 0. The first kappa shape index (κ1) is 13.1. The molecule has 0 bridgehead atoms. The van der Waals surface area contributed by atoms with Gasteiger partial charge in [-0.2, -0.15) is 0 Å². The van der Waals surface area contributed by atoms with Gasteiger partial charge in [-0.05, 0) is 13.0 Å². The first-order valence-electron chi connectivity index (χ1n) is 4.61. The lowest BCUT2D eigenvalue weighted by Crippen LogP contribution is -2.29. The number of nitrogens with one attached hydrogen (secondary N) is 1. The van der Waals surface area contributed by atoms with Gasteiger partial charge >= 0.3 is 9.28 Å². The molecule has 13 heavy (non-hydrogen) atoms. The summed E-state index contributed by atoms with van der Waals surface area (Å²) in [6.07, 6.45) is 1.08. The average Bonchev–Trinajstić information content (AvgIpc) is 2.14. The highest BCUT2D eigenvalue weighted by atomic mass is 28.3. The second kappa shape index (κ2) is 8.65. The van der Waals surface area contributed by atoms with Gasteiger partial charge in [-0.1, -0.05) is 6.92 Å². The van der Waals surface area contributed by atoms with Gasteiger partial charge in [0.05, 0.1) is 0 Å². The molecule has 1 radical (unpaired) electrons. The molecule has 0 aromatic rings. The fraction of sp³-hybridized carbons (Fsp3) is 1.00. The third-order valence-electron chi connectivity index (χ3n) is 1.88. The fourth-order valence-electron chi connectivity index (χ4n) is 1.15. The lowest BCUT2D eigenvalue weighted by Gasteiger charge is -2.17. The summed E-state index contributed by atoms with van der Waals surface area (Å²) in [4.78, 5) is 0. The van der Waals surface area contributed by atoms with Gasteiger partial charge in [0, 0.05) is 32.9 Å². The van der Waals surface area contributed by atoms with Crippen molar-refractivity contribution < 1.29 is 8.85 Å². The highest BCUT2D eigenvalue weighted by molar-refractivity contribution is 6.46. The molecule has 4 nitrogen and oxygen atoms in total. The SMILES string of the molecule is CO[Si](OC)C(C)CCNCCN. The minimum Gasteiger partial charge on any atom is -0.397 e. The summed E-state index contributed by atoms with van der Waals surface area (Å²) < 4.78 is 10.5. The molecule has 0 aliphatic rings. The van der Waals surface area contributed by atoms with E-state index in [2.05, 4.69) is 12.2 Å². The highest BCUT2D eigenvalue weighted by Gasteiger charge is 2.20. The van der Waals surface area contributed by atoms with Crippen molar-refractivity contribution in [1.82, 2.24) is 5.32 Å². The number of nitrogens with two attached hydrogens (primary N) is 1. The van der Waals surface area contributed by atoms with Crippen molar-refractivity contribution in [3.63, 3.8) is 0 Å². The molecule has 1 unspecified atom stereocenters. The molecule has 0 rings (SSSR count). The minimum atomic E-state index is -1.06. The topological polar surface area (TPSA) is 56.5 Å². The predicted octanol–water partition coefficient (Wildman–Crippen LogP) is 0.0959. The van der Waals surface area contributed by atoms with Crippen LogP contribution >= 0.6 is 0 Å². The molecule has 0 spiro atoms. The molecule has 0 aliphatic carbocycles. The Morgan fingerprint density at radius 3 is 2.38 bits per heavy atom. The molecule has 5 heteroatoms. The third kappa shape index (κ3) is 6.17. The van der Waals surface area contributed by atoms with E-state index in [1.807, 2.05) is 0 Å². The van der Waals surface area contributed by atoms with Gasteiger partial charge in [-0.15, -0.1) is 0 Å². The molecular formula is C8H21N2O2Si. The molecule has 3 N–H and O–H groups in total. The van der Waals surface area contributed by atoms with E-state index in [-0.39, 0.29) is 0 Å². The fourth-order valence-corrected chi connectivity index (χ4v) is 2.50. The minimum absolute atomic E-state index is 0.505. The van der Waals surface area contributed by atoms with Crippen LogP contribution in [0.5, 0.6) is 0 Å². The van der Waals surface area contributed by atoms with Crippen molar-refractivity contribution in [1.29, 1.82) is 0 Å². The highest BCUT2D eigenvalue weighted by Crippen LogP contribution is 2.13. The van der Waals surface area contributed by atoms with E-state index in [9.17, 15) is 0 Å². The average molecular weight is 205 g/mol. The Morgan fingerprint density at radius 1 is 1.31 bits per heavy atom. The van der Waals surface area contributed by atoms with Crippen LogP contribution in [0, 0.1) is 0 Å². The van der Waals surface area contributed by atoms with Gasteiger partial charge in [0.15, 0.2) is 0 Å². The zero-order chi connectivity index (χ0) is 10.1. The Balaban J connectivity index is 3.42. The molecule has 0 fully saturated rings. The normalized spacial score (nSPS) is 13.6. The van der Waals surface area contributed by atoms with Crippen LogP contribution in [-0.2, 0) is 8.85 Å². The van der Waals surface area contributed by atoms with E-state index in [1.54, 1.807) is 14.2 Å². The quantitative estimate of drug-likeness (QED) is 0.436. The van der Waals surface area contributed by atoms with Gasteiger partial charge < -0.3 is 19.9 Å². The summed E-state index contributed by atoms with van der Waals surface area (Å²) in [6, 6.07) is 0. The van der Waals surface area contributed by atoms with Crippen molar-refractivity contribution in [3.05, 3.63) is 0 Å². The zero-order valence-electron chi connectivity index (χ0n) is 8.80. The van der Waals surface area contributed by atoms with Crippen LogP contribution in [0.15, 0.2) is 0 Å². The Bertz CT molecular complexity index is 112. The van der Waals surface area contributed by atoms with Gasteiger partial charge in [-0.25, -0.2) is 0 Å². The van der Waals surface area contributed by atoms with Crippen LogP contribution in [0.25, 0.3) is 0 Å². The lowest BCUT2D eigenvalue weighted by atomic mass is 10.3. The smallest absolute Gasteiger partial charge is 0.387 e. The van der Waals surface area contributed by atoms with Crippen LogP contribution < -0.4 is 11.1 Å². The second-order valence-electron chi connectivity index (χ2n) is 2.96. The molecule has 0 aromatic carbocycles. The van der Waals surface area contributed by atoms with Crippen LogP contribution in [0.1, 0.15) is 13.3 Å². The molecule has 0 saturated carbocycles. The van der Waals surface area contributed by atoms with Gasteiger partial charge in [0.2, 0.25) is 0 Å². The summed E-state index contributed by atoms with van der Waals surface area (Å²) in [5, 5.41) is 3.25. The monoisotopic (exact) mass is 205 g/mol.